The first-order valence-electron chi connectivity index (χ1n) is 7.08. The van der Waals surface area contributed by atoms with Crippen LogP contribution in [-0.4, -0.2) is 18.7 Å². The summed E-state index contributed by atoms with van der Waals surface area (Å²) in [6.45, 7) is 0.606. The van der Waals surface area contributed by atoms with Crippen molar-refractivity contribution in [2.75, 3.05) is 6.61 Å². The van der Waals surface area contributed by atoms with Crippen molar-refractivity contribution in [2.45, 2.75) is 19.0 Å². The number of rotatable bonds is 6. The van der Waals surface area contributed by atoms with Crippen molar-refractivity contribution in [3.05, 3.63) is 70.7 Å². The van der Waals surface area contributed by atoms with Crippen LogP contribution in [0.15, 0.2) is 54.6 Å². The lowest BCUT2D eigenvalue weighted by Crippen LogP contribution is -2.33. The minimum atomic E-state index is -0.463. The van der Waals surface area contributed by atoms with Gasteiger partial charge in [-0.25, -0.2) is 4.79 Å². The highest BCUT2D eigenvalue weighted by Crippen LogP contribution is 2.10. The van der Waals surface area contributed by atoms with E-state index in [4.69, 9.17) is 22.1 Å². The zero-order chi connectivity index (χ0) is 15.8. The number of hydrogen-bond donors (Lipinski definition) is 2. The second kappa shape index (κ2) is 8.41. The molecule has 0 saturated carbocycles. The zero-order valence-electron chi connectivity index (χ0n) is 12.2. The summed E-state index contributed by atoms with van der Waals surface area (Å²) in [5.74, 6) is 0. The zero-order valence-corrected chi connectivity index (χ0v) is 12.9. The van der Waals surface area contributed by atoms with E-state index in [9.17, 15) is 4.79 Å². The SMILES string of the molecule is NC(COC(=O)NCc1ccccc1)Cc1ccc(Cl)cc1. The molecule has 0 bridgehead atoms. The molecular formula is C17H19ClN2O2. The Hall–Kier alpha value is -2.04. The summed E-state index contributed by atoms with van der Waals surface area (Å²) in [6.07, 6.45) is 0.166. The number of nitrogens with two attached hydrogens (primary N) is 1. The van der Waals surface area contributed by atoms with Crippen LogP contribution in [0.25, 0.3) is 0 Å². The molecule has 1 atom stereocenters. The van der Waals surface area contributed by atoms with Gasteiger partial charge in [0.1, 0.15) is 6.61 Å². The Balaban J connectivity index is 1.68. The van der Waals surface area contributed by atoms with Gasteiger partial charge in [0.15, 0.2) is 0 Å². The lowest BCUT2D eigenvalue weighted by atomic mass is 10.1. The molecule has 2 aromatic carbocycles. The van der Waals surface area contributed by atoms with Gasteiger partial charge in [0.2, 0.25) is 0 Å². The van der Waals surface area contributed by atoms with Gasteiger partial charge >= 0.3 is 6.09 Å². The maximum absolute atomic E-state index is 11.6. The number of ether oxygens (including phenoxy) is 1. The van der Waals surface area contributed by atoms with Crippen molar-refractivity contribution < 1.29 is 9.53 Å². The predicted molar refractivity (Wildman–Crippen MR) is 87.8 cm³/mol. The molecular weight excluding hydrogens is 300 g/mol. The Labute approximate surface area is 135 Å². The van der Waals surface area contributed by atoms with E-state index in [1.807, 2.05) is 54.6 Å². The van der Waals surface area contributed by atoms with Crippen molar-refractivity contribution in [1.29, 1.82) is 0 Å². The smallest absolute Gasteiger partial charge is 0.407 e. The first-order chi connectivity index (χ1) is 10.6. The van der Waals surface area contributed by atoms with Gasteiger partial charge in [0.25, 0.3) is 0 Å². The second-order valence-electron chi connectivity index (χ2n) is 5.03. The predicted octanol–water partition coefficient (Wildman–Crippen LogP) is 3.14. The second-order valence-corrected chi connectivity index (χ2v) is 5.46. The van der Waals surface area contributed by atoms with E-state index in [0.717, 1.165) is 11.1 Å². The van der Waals surface area contributed by atoms with Gasteiger partial charge in [0.05, 0.1) is 0 Å². The van der Waals surface area contributed by atoms with Crippen LogP contribution in [-0.2, 0) is 17.7 Å². The average molecular weight is 319 g/mol. The Morgan fingerprint density at radius 1 is 1.09 bits per heavy atom. The summed E-state index contributed by atoms with van der Waals surface area (Å²) in [4.78, 5) is 11.6. The maximum Gasteiger partial charge on any atom is 0.407 e. The van der Waals surface area contributed by atoms with Crippen molar-refractivity contribution in [3.8, 4) is 0 Å². The first-order valence-corrected chi connectivity index (χ1v) is 7.46. The fourth-order valence-corrected chi connectivity index (χ4v) is 2.11. The van der Waals surface area contributed by atoms with Crippen LogP contribution in [0.1, 0.15) is 11.1 Å². The molecule has 0 radical (unpaired) electrons. The molecule has 0 aliphatic carbocycles. The third-order valence-electron chi connectivity index (χ3n) is 3.12. The number of hydrogen-bond acceptors (Lipinski definition) is 3. The number of carbonyl (C=O) groups excluding carboxylic acids is 1. The van der Waals surface area contributed by atoms with Crippen LogP contribution in [0.2, 0.25) is 5.02 Å². The van der Waals surface area contributed by atoms with Crippen molar-refractivity contribution in [2.24, 2.45) is 5.73 Å². The van der Waals surface area contributed by atoms with Crippen molar-refractivity contribution in [3.63, 3.8) is 0 Å². The lowest BCUT2D eigenvalue weighted by molar-refractivity contribution is 0.138. The van der Waals surface area contributed by atoms with E-state index < -0.39 is 6.09 Å². The number of benzene rings is 2. The fraction of sp³-hybridized carbons (Fsp3) is 0.235. The van der Waals surface area contributed by atoms with Crippen LogP contribution in [0.4, 0.5) is 4.79 Å². The van der Waals surface area contributed by atoms with Crippen LogP contribution in [0.3, 0.4) is 0 Å². The van der Waals surface area contributed by atoms with Crippen LogP contribution < -0.4 is 11.1 Å². The van der Waals surface area contributed by atoms with E-state index in [1.165, 1.54) is 0 Å². The summed E-state index contributed by atoms with van der Waals surface area (Å²) in [7, 11) is 0. The highest BCUT2D eigenvalue weighted by atomic mass is 35.5. The molecule has 0 heterocycles. The van der Waals surface area contributed by atoms with Crippen molar-refractivity contribution >= 4 is 17.7 Å². The van der Waals surface area contributed by atoms with Crippen LogP contribution in [0, 0.1) is 0 Å². The topological polar surface area (TPSA) is 64.3 Å². The third kappa shape index (κ3) is 5.76. The highest BCUT2D eigenvalue weighted by Gasteiger charge is 2.08. The highest BCUT2D eigenvalue weighted by molar-refractivity contribution is 6.30. The molecule has 4 nitrogen and oxygen atoms in total. The molecule has 5 heteroatoms. The van der Waals surface area contributed by atoms with Crippen molar-refractivity contribution in [1.82, 2.24) is 5.32 Å². The molecule has 0 fully saturated rings. The van der Waals surface area contributed by atoms with Gasteiger partial charge in [-0.05, 0) is 29.7 Å². The van der Waals surface area contributed by atoms with E-state index in [1.54, 1.807) is 0 Å². The quantitative estimate of drug-likeness (QED) is 0.860. The summed E-state index contributed by atoms with van der Waals surface area (Å²) in [5.41, 5.74) is 8.04. The summed E-state index contributed by atoms with van der Waals surface area (Å²) in [6, 6.07) is 16.9. The minimum Gasteiger partial charge on any atom is -0.448 e. The normalized spacial score (nSPS) is 11.7. The largest absolute Gasteiger partial charge is 0.448 e. The number of nitrogens with one attached hydrogen (secondary N) is 1. The van der Waals surface area contributed by atoms with Gasteiger partial charge < -0.3 is 15.8 Å². The van der Waals surface area contributed by atoms with E-state index in [0.29, 0.717) is 18.0 Å². The Bertz CT molecular complexity index is 587. The molecule has 0 aliphatic rings. The van der Waals surface area contributed by atoms with Crippen LogP contribution in [0.5, 0.6) is 0 Å². The Morgan fingerprint density at radius 2 is 1.77 bits per heavy atom. The minimum absolute atomic E-state index is 0.170. The summed E-state index contributed by atoms with van der Waals surface area (Å²) >= 11 is 5.83. The average Bonchev–Trinajstić information content (AvgIpc) is 2.54. The van der Waals surface area contributed by atoms with E-state index >= 15 is 0 Å². The number of alkyl carbamates (subject to hydrolysis) is 1. The van der Waals surface area contributed by atoms with Gasteiger partial charge in [-0.2, -0.15) is 0 Å². The molecule has 0 aliphatic heterocycles. The molecule has 0 aromatic heterocycles. The number of halogens is 1. The number of amides is 1. The summed E-state index contributed by atoms with van der Waals surface area (Å²) < 4.78 is 5.12. The third-order valence-corrected chi connectivity index (χ3v) is 3.37. The molecule has 2 rings (SSSR count). The van der Waals surface area contributed by atoms with Gasteiger partial charge in [-0.15, -0.1) is 0 Å². The monoisotopic (exact) mass is 318 g/mol. The van der Waals surface area contributed by atoms with Crippen LogP contribution >= 0.6 is 11.6 Å². The summed E-state index contributed by atoms with van der Waals surface area (Å²) in [5, 5.41) is 3.38. The Kier molecular flexibility index (Phi) is 6.25. The molecule has 22 heavy (non-hydrogen) atoms. The molecule has 1 amide bonds. The van der Waals surface area contributed by atoms with E-state index in [-0.39, 0.29) is 12.6 Å². The van der Waals surface area contributed by atoms with E-state index in [2.05, 4.69) is 5.32 Å². The van der Waals surface area contributed by atoms with Gasteiger partial charge in [-0.3, -0.25) is 0 Å². The molecule has 1 unspecified atom stereocenters. The molecule has 2 aromatic rings. The lowest BCUT2D eigenvalue weighted by Gasteiger charge is -2.13. The number of carbonyl (C=O) groups is 1. The standard InChI is InChI=1S/C17H19ClN2O2/c18-15-8-6-13(7-9-15)10-16(19)12-22-17(21)20-11-14-4-2-1-3-5-14/h1-9,16H,10-12,19H2,(H,20,21). The van der Waals surface area contributed by atoms with Gasteiger partial charge in [0, 0.05) is 17.6 Å². The molecule has 116 valence electrons. The molecule has 0 saturated heterocycles. The maximum atomic E-state index is 11.6. The fourth-order valence-electron chi connectivity index (χ4n) is 1.99. The van der Waals surface area contributed by atoms with Gasteiger partial charge in [-0.1, -0.05) is 54.1 Å². The first kappa shape index (κ1) is 16.3. The molecule has 0 spiro atoms. The molecule has 3 N–H and O–H groups in total. The Morgan fingerprint density at radius 3 is 2.45 bits per heavy atom.